The molecule has 2 aromatic carbocycles. The first-order valence-corrected chi connectivity index (χ1v) is 8.51. The lowest BCUT2D eigenvalue weighted by atomic mass is 10.2. The highest BCUT2D eigenvalue weighted by atomic mass is 35.5. The van der Waals surface area contributed by atoms with Gasteiger partial charge in [-0.3, -0.25) is 9.59 Å². The Morgan fingerprint density at radius 3 is 2.64 bits per heavy atom. The van der Waals surface area contributed by atoms with Gasteiger partial charge in [0.2, 0.25) is 0 Å². The molecule has 0 aliphatic heterocycles. The van der Waals surface area contributed by atoms with Crippen LogP contribution in [0.15, 0.2) is 42.5 Å². The molecule has 0 spiro atoms. The molecule has 0 unspecified atom stereocenters. The summed E-state index contributed by atoms with van der Waals surface area (Å²) in [4.78, 5) is 24.0. The Kier molecular flexibility index (Phi) is 7.10. The predicted molar refractivity (Wildman–Crippen MR) is 99.7 cm³/mol. The van der Waals surface area contributed by atoms with Gasteiger partial charge in [0.1, 0.15) is 5.75 Å². The number of halogens is 2. The van der Waals surface area contributed by atoms with Crippen molar-refractivity contribution >= 4 is 40.7 Å². The van der Waals surface area contributed by atoms with Gasteiger partial charge in [0, 0.05) is 22.8 Å². The Morgan fingerprint density at radius 2 is 1.92 bits per heavy atom. The normalized spacial score (nSPS) is 10.2. The lowest BCUT2D eigenvalue weighted by Crippen LogP contribution is -2.24. The summed E-state index contributed by atoms with van der Waals surface area (Å²) in [5, 5.41) is 6.28. The molecule has 132 valence electrons. The summed E-state index contributed by atoms with van der Waals surface area (Å²) in [5.41, 5.74) is 0.993. The fourth-order valence-corrected chi connectivity index (χ4v) is 2.47. The van der Waals surface area contributed by atoms with Crippen molar-refractivity contribution in [1.82, 2.24) is 5.32 Å². The smallest absolute Gasteiger partial charge is 0.262 e. The molecule has 0 aliphatic carbocycles. The molecule has 2 rings (SSSR count). The van der Waals surface area contributed by atoms with E-state index >= 15 is 0 Å². The number of benzene rings is 2. The van der Waals surface area contributed by atoms with Crippen LogP contribution in [0, 0.1) is 0 Å². The van der Waals surface area contributed by atoms with Gasteiger partial charge in [-0.15, -0.1) is 0 Å². The van der Waals surface area contributed by atoms with Gasteiger partial charge in [-0.2, -0.15) is 0 Å². The molecule has 0 radical (unpaired) electrons. The van der Waals surface area contributed by atoms with E-state index in [-0.39, 0.29) is 18.4 Å². The highest BCUT2D eigenvalue weighted by Crippen LogP contribution is 2.27. The zero-order valence-corrected chi connectivity index (χ0v) is 15.2. The third kappa shape index (κ3) is 5.96. The monoisotopic (exact) mass is 380 g/mol. The molecule has 0 fully saturated rings. The van der Waals surface area contributed by atoms with Gasteiger partial charge < -0.3 is 15.4 Å². The molecular weight excluding hydrogens is 363 g/mol. The Morgan fingerprint density at radius 1 is 1.12 bits per heavy atom. The quantitative estimate of drug-likeness (QED) is 0.757. The number of rotatable bonds is 7. The van der Waals surface area contributed by atoms with Crippen LogP contribution in [0.5, 0.6) is 5.75 Å². The lowest BCUT2D eigenvalue weighted by molar-refractivity contribution is -0.118. The van der Waals surface area contributed by atoms with Gasteiger partial charge in [0.05, 0.1) is 5.02 Å². The predicted octanol–water partition coefficient (Wildman–Crippen LogP) is 4.15. The van der Waals surface area contributed by atoms with Crippen molar-refractivity contribution in [3.8, 4) is 5.75 Å². The van der Waals surface area contributed by atoms with Crippen molar-refractivity contribution in [2.24, 2.45) is 0 Å². The number of amides is 2. The molecule has 25 heavy (non-hydrogen) atoms. The minimum Gasteiger partial charge on any atom is -0.482 e. The van der Waals surface area contributed by atoms with Gasteiger partial charge in [0.15, 0.2) is 6.61 Å². The summed E-state index contributed by atoms with van der Waals surface area (Å²) in [6.07, 6.45) is 0.854. The highest BCUT2D eigenvalue weighted by Gasteiger charge is 2.09. The van der Waals surface area contributed by atoms with Gasteiger partial charge in [-0.1, -0.05) is 36.2 Å². The first-order chi connectivity index (χ1) is 12.0. The van der Waals surface area contributed by atoms with E-state index in [1.165, 1.54) is 6.07 Å². The Balaban J connectivity index is 1.93. The largest absolute Gasteiger partial charge is 0.482 e. The van der Waals surface area contributed by atoms with Crippen molar-refractivity contribution in [1.29, 1.82) is 0 Å². The third-order valence-electron chi connectivity index (χ3n) is 3.20. The van der Waals surface area contributed by atoms with E-state index in [1.54, 1.807) is 36.4 Å². The number of hydrogen-bond donors (Lipinski definition) is 2. The summed E-state index contributed by atoms with van der Waals surface area (Å²) in [5.74, 6) is -0.173. The van der Waals surface area contributed by atoms with Crippen molar-refractivity contribution in [3.63, 3.8) is 0 Å². The van der Waals surface area contributed by atoms with E-state index < -0.39 is 0 Å². The maximum absolute atomic E-state index is 12.0. The van der Waals surface area contributed by atoms with Crippen LogP contribution in [-0.2, 0) is 4.79 Å². The second-order valence-corrected chi connectivity index (χ2v) is 6.09. The minimum atomic E-state index is -0.364. The summed E-state index contributed by atoms with van der Waals surface area (Å²) in [6.45, 7) is 2.36. The summed E-state index contributed by atoms with van der Waals surface area (Å²) >= 11 is 11.8. The van der Waals surface area contributed by atoms with Gasteiger partial charge in [0.25, 0.3) is 11.8 Å². The van der Waals surface area contributed by atoms with Crippen LogP contribution in [0.2, 0.25) is 10.0 Å². The van der Waals surface area contributed by atoms with E-state index in [2.05, 4.69) is 10.6 Å². The minimum absolute atomic E-state index is 0.179. The van der Waals surface area contributed by atoms with Gasteiger partial charge in [-0.05, 0) is 42.8 Å². The maximum atomic E-state index is 12.0. The topological polar surface area (TPSA) is 67.4 Å². The standard InChI is InChI=1S/C18H18Cl2N2O3/c1-2-8-21-18(24)12-4-3-5-14(9-12)22-17(23)11-25-16-7-6-13(19)10-15(16)20/h3-7,9-10H,2,8,11H2,1H3,(H,21,24)(H,22,23). The number of nitrogens with one attached hydrogen (secondary N) is 2. The fourth-order valence-electron chi connectivity index (χ4n) is 2.01. The molecule has 2 aromatic rings. The summed E-state index contributed by atoms with van der Waals surface area (Å²) < 4.78 is 5.37. The molecule has 0 aliphatic rings. The third-order valence-corrected chi connectivity index (χ3v) is 3.73. The fraction of sp³-hybridized carbons (Fsp3) is 0.222. The van der Waals surface area contributed by atoms with Gasteiger partial charge >= 0.3 is 0 Å². The molecule has 5 nitrogen and oxygen atoms in total. The van der Waals surface area contributed by atoms with Gasteiger partial charge in [-0.25, -0.2) is 0 Å². The van der Waals surface area contributed by atoms with Crippen LogP contribution in [0.3, 0.4) is 0 Å². The lowest BCUT2D eigenvalue weighted by Gasteiger charge is -2.10. The Labute approximate surface area is 156 Å². The van der Waals surface area contributed by atoms with Crippen LogP contribution >= 0.6 is 23.2 Å². The highest BCUT2D eigenvalue weighted by molar-refractivity contribution is 6.35. The average molecular weight is 381 g/mol. The molecule has 2 amide bonds. The van der Waals surface area contributed by atoms with Crippen molar-refractivity contribution in [2.45, 2.75) is 13.3 Å². The van der Waals surface area contributed by atoms with Crippen molar-refractivity contribution in [3.05, 3.63) is 58.1 Å². The van der Waals surface area contributed by atoms with Crippen molar-refractivity contribution in [2.75, 3.05) is 18.5 Å². The first kappa shape index (κ1) is 19.1. The maximum Gasteiger partial charge on any atom is 0.262 e. The number of carbonyl (C=O) groups is 2. The van der Waals surface area contributed by atoms with E-state index in [1.807, 2.05) is 6.92 Å². The SMILES string of the molecule is CCCNC(=O)c1cccc(NC(=O)COc2ccc(Cl)cc2Cl)c1. The second kappa shape index (κ2) is 9.30. The average Bonchev–Trinajstić information content (AvgIpc) is 2.59. The van der Waals surface area contributed by atoms with Crippen LogP contribution < -0.4 is 15.4 Å². The van der Waals surface area contributed by atoms with Crippen LogP contribution in [0.25, 0.3) is 0 Å². The zero-order valence-electron chi connectivity index (χ0n) is 13.6. The summed E-state index contributed by atoms with van der Waals surface area (Å²) in [6, 6.07) is 11.4. The van der Waals surface area contributed by atoms with E-state index in [0.717, 1.165) is 6.42 Å². The molecule has 0 saturated carbocycles. The van der Waals surface area contributed by atoms with Crippen LogP contribution in [0.4, 0.5) is 5.69 Å². The van der Waals surface area contributed by atoms with Crippen LogP contribution in [0.1, 0.15) is 23.7 Å². The number of carbonyl (C=O) groups excluding carboxylic acids is 2. The molecule has 0 heterocycles. The van der Waals surface area contributed by atoms with Crippen molar-refractivity contribution < 1.29 is 14.3 Å². The molecular formula is C18H18Cl2N2O3. The molecule has 0 atom stereocenters. The second-order valence-electron chi connectivity index (χ2n) is 5.25. The molecule has 7 heteroatoms. The molecule has 0 aromatic heterocycles. The number of hydrogen-bond acceptors (Lipinski definition) is 3. The van der Waals surface area contributed by atoms with E-state index in [0.29, 0.717) is 33.6 Å². The first-order valence-electron chi connectivity index (χ1n) is 7.75. The van der Waals surface area contributed by atoms with Crippen LogP contribution in [-0.4, -0.2) is 25.0 Å². The molecule has 0 bridgehead atoms. The molecule has 0 saturated heterocycles. The number of ether oxygens (including phenoxy) is 1. The number of anilines is 1. The Hall–Kier alpha value is -2.24. The zero-order chi connectivity index (χ0) is 18.2. The Bertz CT molecular complexity index is 766. The van der Waals surface area contributed by atoms with E-state index in [4.69, 9.17) is 27.9 Å². The summed E-state index contributed by atoms with van der Waals surface area (Å²) in [7, 11) is 0. The molecule has 2 N–H and O–H groups in total. The van der Waals surface area contributed by atoms with E-state index in [9.17, 15) is 9.59 Å².